The number of hydrogen-bond donors (Lipinski definition) is 0. The van der Waals surface area contributed by atoms with Crippen LogP contribution >= 0.6 is 0 Å². The first kappa shape index (κ1) is 11.1. The molecule has 0 bridgehead atoms. The molecule has 4 nitrogen and oxygen atoms in total. The molecule has 0 aromatic heterocycles. The molecule has 0 heterocycles. The molecule has 85 valence electrons. The molecule has 0 fully saturated rings. The van der Waals surface area contributed by atoms with Crippen LogP contribution in [0.1, 0.15) is 0 Å². The molecule has 1 radical (unpaired) electrons. The fourth-order valence-electron chi connectivity index (χ4n) is 1.66. The van der Waals surface area contributed by atoms with Crippen LogP contribution in [0.5, 0.6) is 5.75 Å². The Balaban J connectivity index is 2.64. The number of benzene rings is 2. The van der Waals surface area contributed by atoms with Crippen molar-refractivity contribution in [2.75, 3.05) is 7.11 Å². The van der Waals surface area contributed by atoms with Crippen LogP contribution in [0.25, 0.3) is 11.1 Å². The summed E-state index contributed by atoms with van der Waals surface area (Å²) in [4.78, 5) is 10.5. The third-order valence-corrected chi connectivity index (χ3v) is 2.41. The van der Waals surface area contributed by atoms with E-state index >= 15 is 0 Å². The minimum atomic E-state index is -0.401. The predicted molar refractivity (Wildman–Crippen MR) is 63.9 cm³/mol. The predicted octanol–water partition coefficient (Wildman–Crippen LogP) is 3.07. The summed E-state index contributed by atoms with van der Waals surface area (Å²) in [5, 5.41) is 10.9. The van der Waals surface area contributed by atoms with Crippen molar-refractivity contribution in [1.82, 2.24) is 0 Å². The first-order chi connectivity index (χ1) is 8.24. The van der Waals surface area contributed by atoms with Crippen molar-refractivity contribution >= 4 is 5.69 Å². The molecule has 4 heteroatoms. The average Bonchev–Trinajstić information content (AvgIpc) is 2.38. The van der Waals surface area contributed by atoms with Gasteiger partial charge < -0.3 is 4.74 Å². The highest BCUT2D eigenvalue weighted by Crippen LogP contribution is 2.35. The van der Waals surface area contributed by atoms with Crippen LogP contribution in [0.4, 0.5) is 5.69 Å². The normalized spacial score (nSPS) is 9.94. The second kappa shape index (κ2) is 4.65. The Bertz CT molecular complexity index is 552. The lowest BCUT2D eigenvalue weighted by atomic mass is 10.0. The molecular weight excluding hydrogens is 218 g/mol. The van der Waals surface area contributed by atoms with Gasteiger partial charge in [0.15, 0.2) is 0 Å². The Hall–Kier alpha value is -2.36. The van der Waals surface area contributed by atoms with Gasteiger partial charge in [-0.25, -0.2) is 0 Å². The van der Waals surface area contributed by atoms with Gasteiger partial charge in [-0.05, 0) is 6.07 Å². The molecule has 2 aromatic carbocycles. The highest BCUT2D eigenvalue weighted by molar-refractivity contribution is 5.77. The molecule has 0 amide bonds. The van der Waals surface area contributed by atoms with E-state index in [1.54, 1.807) is 36.4 Å². The van der Waals surface area contributed by atoms with Gasteiger partial charge in [-0.1, -0.05) is 30.3 Å². The van der Waals surface area contributed by atoms with Crippen LogP contribution in [-0.4, -0.2) is 12.0 Å². The van der Waals surface area contributed by atoms with E-state index in [4.69, 9.17) is 4.74 Å². The van der Waals surface area contributed by atoms with Gasteiger partial charge >= 0.3 is 0 Å². The highest BCUT2D eigenvalue weighted by atomic mass is 16.6. The van der Waals surface area contributed by atoms with Crippen molar-refractivity contribution in [1.29, 1.82) is 0 Å². The fourth-order valence-corrected chi connectivity index (χ4v) is 1.66. The third-order valence-electron chi connectivity index (χ3n) is 2.41. The molecule has 0 saturated carbocycles. The van der Waals surface area contributed by atoms with E-state index in [9.17, 15) is 10.1 Å². The number of nitrogens with zero attached hydrogens (tertiary/aromatic N) is 1. The summed E-state index contributed by atoms with van der Waals surface area (Å²) < 4.78 is 5.16. The second-order valence-corrected chi connectivity index (χ2v) is 3.39. The minimum Gasteiger partial charge on any atom is -0.495 e. The van der Waals surface area contributed by atoms with E-state index < -0.39 is 4.92 Å². The standard InChI is InChI=1S/C13H10NO3/c1-17-13-9-5-3-7-11(13)10-6-2-4-8-12(10)14(15)16/h2-8H,1H3. The Kier molecular flexibility index (Phi) is 3.05. The Morgan fingerprint density at radius 2 is 1.88 bits per heavy atom. The van der Waals surface area contributed by atoms with Crippen LogP contribution in [0.15, 0.2) is 42.5 Å². The maximum atomic E-state index is 10.9. The molecule has 0 atom stereocenters. The van der Waals surface area contributed by atoms with Crippen molar-refractivity contribution in [2.45, 2.75) is 0 Å². The van der Waals surface area contributed by atoms with Crippen LogP contribution in [0.2, 0.25) is 0 Å². The molecule has 0 unspecified atom stereocenters. The quantitative estimate of drug-likeness (QED) is 0.599. The molecule has 0 spiro atoms. The van der Waals surface area contributed by atoms with E-state index in [1.165, 1.54) is 13.2 Å². The maximum absolute atomic E-state index is 10.9. The number of hydrogen-bond acceptors (Lipinski definition) is 3. The SMILES string of the molecule is COc1[c]cccc1-c1ccccc1[N+](=O)[O-]. The van der Waals surface area contributed by atoms with Gasteiger partial charge in [0.05, 0.1) is 17.6 Å². The molecule has 0 saturated heterocycles. The summed E-state index contributed by atoms with van der Waals surface area (Å²) in [6.45, 7) is 0. The third kappa shape index (κ3) is 2.10. The molecule has 0 aliphatic carbocycles. The van der Waals surface area contributed by atoms with Gasteiger partial charge in [0, 0.05) is 17.7 Å². The largest absolute Gasteiger partial charge is 0.495 e. The molecule has 2 aromatic rings. The van der Waals surface area contributed by atoms with Crippen molar-refractivity contribution in [3.63, 3.8) is 0 Å². The van der Waals surface area contributed by atoms with Crippen molar-refractivity contribution in [3.8, 4) is 16.9 Å². The molecule has 17 heavy (non-hydrogen) atoms. The number of ether oxygens (including phenoxy) is 1. The lowest BCUT2D eigenvalue weighted by molar-refractivity contribution is -0.384. The first-order valence-electron chi connectivity index (χ1n) is 5.02. The summed E-state index contributed by atoms with van der Waals surface area (Å²) >= 11 is 0. The zero-order chi connectivity index (χ0) is 12.3. The second-order valence-electron chi connectivity index (χ2n) is 3.39. The van der Waals surface area contributed by atoms with Gasteiger partial charge in [0.25, 0.3) is 5.69 Å². The molecule has 0 aliphatic heterocycles. The zero-order valence-corrected chi connectivity index (χ0v) is 9.21. The Morgan fingerprint density at radius 1 is 1.18 bits per heavy atom. The maximum Gasteiger partial charge on any atom is 0.277 e. The summed E-state index contributed by atoms with van der Waals surface area (Å²) in [6.07, 6.45) is 0. The number of para-hydroxylation sites is 2. The Morgan fingerprint density at radius 3 is 2.59 bits per heavy atom. The number of rotatable bonds is 3. The smallest absolute Gasteiger partial charge is 0.277 e. The summed E-state index contributed by atoms with van der Waals surface area (Å²) in [6, 6.07) is 14.7. The Labute approximate surface area is 98.6 Å². The number of methoxy groups -OCH3 is 1. The molecule has 0 N–H and O–H groups in total. The number of nitro benzene ring substituents is 1. The van der Waals surface area contributed by atoms with Crippen LogP contribution in [0.3, 0.4) is 0 Å². The van der Waals surface area contributed by atoms with Gasteiger partial charge in [-0.15, -0.1) is 0 Å². The highest BCUT2D eigenvalue weighted by Gasteiger charge is 2.16. The summed E-state index contributed by atoms with van der Waals surface area (Å²) in [7, 11) is 1.52. The van der Waals surface area contributed by atoms with Crippen LogP contribution in [0, 0.1) is 16.2 Å². The summed E-state index contributed by atoms with van der Waals surface area (Å²) in [5.74, 6) is 0.502. The summed E-state index contributed by atoms with van der Waals surface area (Å²) in [5.41, 5.74) is 1.26. The van der Waals surface area contributed by atoms with E-state index in [0.29, 0.717) is 16.9 Å². The first-order valence-corrected chi connectivity index (χ1v) is 5.02. The van der Waals surface area contributed by atoms with Gasteiger partial charge in [-0.2, -0.15) is 0 Å². The van der Waals surface area contributed by atoms with Crippen molar-refractivity contribution in [2.24, 2.45) is 0 Å². The molecule has 2 rings (SSSR count). The monoisotopic (exact) mass is 228 g/mol. The topological polar surface area (TPSA) is 52.4 Å². The molecule has 0 aliphatic rings. The van der Waals surface area contributed by atoms with Crippen LogP contribution in [-0.2, 0) is 0 Å². The van der Waals surface area contributed by atoms with E-state index in [1.807, 2.05) is 0 Å². The lowest BCUT2D eigenvalue weighted by Gasteiger charge is -2.07. The van der Waals surface area contributed by atoms with Gasteiger partial charge in [-0.3, -0.25) is 10.1 Å². The van der Waals surface area contributed by atoms with Gasteiger partial charge in [0.2, 0.25) is 0 Å². The number of nitro groups is 1. The van der Waals surface area contributed by atoms with Gasteiger partial charge in [0.1, 0.15) is 5.75 Å². The average molecular weight is 228 g/mol. The van der Waals surface area contributed by atoms with E-state index in [-0.39, 0.29) is 5.69 Å². The lowest BCUT2D eigenvalue weighted by Crippen LogP contribution is -1.93. The van der Waals surface area contributed by atoms with Crippen molar-refractivity contribution < 1.29 is 9.66 Å². The van der Waals surface area contributed by atoms with E-state index in [0.717, 1.165) is 0 Å². The van der Waals surface area contributed by atoms with E-state index in [2.05, 4.69) is 6.07 Å². The fraction of sp³-hybridized carbons (Fsp3) is 0.0769. The van der Waals surface area contributed by atoms with Crippen molar-refractivity contribution in [3.05, 3.63) is 58.6 Å². The van der Waals surface area contributed by atoms with Crippen LogP contribution < -0.4 is 4.74 Å². The molecular formula is C13H10NO3. The minimum absolute atomic E-state index is 0.0606. The zero-order valence-electron chi connectivity index (χ0n) is 9.21.